The van der Waals surface area contributed by atoms with E-state index in [1.54, 1.807) is 48.5 Å². The van der Waals surface area contributed by atoms with Crippen molar-refractivity contribution >= 4 is 39.2 Å². The summed E-state index contributed by atoms with van der Waals surface area (Å²) in [5.41, 5.74) is 1.52. The summed E-state index contributed by atoms with van der Waals surface area (Å²) in [5, 5.41) is 0. The normalized spacial score (nSPS) is 13.8. The van der Waals surface area contributed by atoms with Crippen molar-refractivity contribution in [1.82, 2.24) is 0 Å². The van der Waals surface area contributed by atoms with E-state index in [4.69, 9.17) is 0 Å². The number of imide groups is 1. The second kappa shape index (κ2) is 5.69. The molecule has 3 rings (SSSR count). The van der Waals surface area contributed by atoms with Gasteiger partial charge in [-0.1, -0.05) is 15.9 Å². The van der Waals surface area contributed by atoms with Gasteiger partial charge in [-0.2, -0.15) is 0 Å². The summed E-state index contributed by atoms with van der Waals surface area (Å²) in [6.45, 7) is 0. The predicted octanol–water partition coefficient (Wildman–Crippen LogP) is 3.11. The summed E-state index contributed by atoms with van der Waals surface area (Å²) >= 11 is 3.32. The molecule has 2 amide bonds. The van der Waals surface area contributed by atoms with Gasteiger partial charge in [0.05, 0.1) is 5.69 Å². The van der Waals surface area contributed by atoms with Gasteiger partial charge in [-0.25, -0.2) is 4.90 Å². The number of nitrogens with zero attached hydrogens (tertiary/aromatic N) is 1. The topological polar surface area (TPSA) is 54.5 Å². The van der Waals surface area contributed by atoms with Crippen LogP contribution in [-0.4, -0.2) is 17.6 Å². The highest BCUT2D eigenvalue weighted by Crippen LogP contribution is 2.21. The number of hydrogen-bond acceptors (Lipinski definition) is 3. The third-order valence-corrected chi connectivity index (χ3v) is 3.83. The van der Waals surface area contributed by atoms with E-state index < -0.39 is 0 Å². The van der Waals surface area contributed by atoms with Gasteiger partial charge in [0.1, 0.15) is 0 Å². The number of amides is 2. The van der Waals surface area contributed by atoms with Crippen LogP contribution in [0, 0.1) is 0 Å². The maximum atomic E-state index is 12.3. The van der Waals surface area contributed by atoms with Gasteiger partial charge >= 0.3 is 0 Å². The molecule has 0 saturated carbocycles. The number of rotatable bonds is 3. The zero-order valence-corrected chi connectivity index (χ0v) is 12.9. The summed E-state index contributed by atoms with van der Waals surface area (Å²) in [6, 6.07) is 13.5. The van der Waals surface area contributed by atoms with Crippen LogP contribution in [0.1, 0.15) is 15.9 Å². The third-order valence-electron chi connectivity index (χ3n) is 3.30. The highest BCUT2D eigenvalue weighted by molar-refractivity contribution is 9.10. The Balaban J connectivity index is 1.85. The molecule has 0 aromatic heterocycles. The van der Waals surface area contributed by atoms with E-state index in [2.05, 4.69) is 15.9 Å². The third kappa shape index (κ3) is 2.63. The summed E-state index contributed by atoms with van der Waals surface area (Å²) in [5.74, 6) is -0.870. The molecule has 1 aliphatic rings. The molecule has 22 heavy (non-hydrogen) atoms. The minimum Gasteiger partial charge on any atom is -0.289 e. The van der Waals surface area contributed by atoms with Gasteiger partial charge in [-0.15, -0.1) is 0 Å². The first-order chi connectivity index (χ1) is 10.6. The Bertz CT molecular complexity index is 774. The maximum absolute atomic E-state index is 12.3. The number of ketones is 1. The van der Waals surface area contributed by atoms with Crippen molar-refractivity contribution < 1.29 is 14.4 Å². The lowest BCUT2D eigenvalue weighted by atomic mass is 10.0. The molecule has 2 aromatic rings. The number of hydrogen-bond donors (Lipinski definition) is 0. The number of anilines is 1. The predicted molar refractivity (Wildman–Crippen MR) is 85.6 cm³/mol. The molecule has 1 aliphatic heterocycles. The second-order valence-corrected chi connectivity index (χ2v) is 5.64. The fourth-order valence-corrected chi connectivity index (χ4v) is 2.45. The van der Waals surface area contributed by atoms with Crippen LogP contribution in [0.25, 0.3) is 0 Å². The summed E-state index contributed by atoms with van der Waals surface area (Å²) < 4.78 is 0.901. The largest absolute Gasteiger partial charge is 0.289 e. The molecule has 0 bridgehead atoms. The smallest absolute Gasteiger partial charge is 0.258 e. The second-order valence-electron chi connectivity index (χ2n) is 4.73. The lowest BCUT2D eigenvalue weighted by Crippen LogP contribution is -2.29. The van der Waals surface area contributed by atoms with Crippen molar-refractivity contribution in [1.29, 1.82) is 0 Å². The first-order valence-electron chi connectivity index (χ1n) is 6.53. The lowest BCUT2D eigenvalue weighted by Gasteiger charge is -2.14. The van der Waals surface area contributed by atoms with Gasteiger partial charge in [0.25, 0.3) is 11.8 Å². The monoisotopic (exact) mass is 355 g/mol. The van der Waals surface area contributed by atoms with Crippen LogP contribution >= 0.6 is 15.9 Å². The Labute approximate surface area is 135 Å². The molecule has 0 aliphatic carbocycles. The van der Waals surface area contributed by atoms with Crippen LogP contribution in [0.5, 0.6) is 0 Å². The minimum atomic E-state index is -0.378. The minimum absolute atomic E-state index is 0.115. The molecular formula is C17H10BrNO3. The van der Waals surface area contributed by atoms with E-state index in [0.29, 0.717) is 16.8 Å². The molecule has 0 N–H and O–H groups in total. The first-order valence-corrected chi connectivity index (χ1v) is 7.32. The van der Waals surface area contributed by atoms with E-state index in [0.717, 1.165) is 9.37 Å². The highest BCUT2D eigenvalue weighted by Gasteiger charge is 2.25. The molecule has 0 fully saturated rings. The molecule has 0 atom stereocenters. The number of halogens is 1. The fraction of sp³-hybridized carbons (Fsp3) is 0. The van der Waals surface area contributed by atoms with Crippen molar-refractivity contribution in [2.75, 3.05) is 4.90 Å². The lowest BCUT2D eigenvalue weighted by molar-refractivity contribution is -0.119. The Kier molecular flexibility index (Phi) is 3.73. The molecule has 0 radical (unpaired) electrons. The van der Waals surface area contributed by atoms with Crippen molar-refractivity contribution in [3.05, 3.63) is 76.3 Å². The van der Waals surface area contributed by atoms with Crippen LogP contribution in [0.15, 0.2) is 65.2 Å². The zero-order chi connectivity index (χ0) is 15.7. The van der Waals surface area contributed by atoms with Crippen LogP contribution in [0.2, 0.25) is 0 Å². The average Bonchev–Trinajstić information content (AvgIpc) is 2.86. The number of carbonyl (C=O) groups is 3. The SMILES string of the molecule is O=C(c1ccc(Br)cc1)c1ccc(N2C(=O)C=CC2=O)cc1. The standard InChI is InChI=1S/C17H10BrNO3/c18-13-5-1-11(2-6-13)17(22)12-3-7-14(8-4-12)19-15(20)9-10-16(19)21/h1-10H. The summed E-state index contributed by atoms with van der Waals surface area (Å²) in [7, 11) is 0. The molecule has 4 nitrogen and oxygen atoms in total. The Morgan fingerprint density at radius 1 is 0.773 bits per heavy atom. The van der Waals surface area contributed by atoms with Crippen LogP contribution in [-0.2, 0) is 9.59 Å². The molecule has 1 heterocycles. The average molecular weight is 356 g/mol. The fourth-order valence-electron chi connectivity index (χ4n) is 2.18. The van der Waals surface area contributed by atoms with Crippen LogP contribution in [0.4, 0.5) is 5.69 Å². The van der Waals surface area contributed by atoms with Crippen molar-refractivity contribution in [3.63, 3.8) is 0 Å². The number of benzene rings is 2. The molecule has 0 saturated heterocycles. The van der Waals surface area contributed by atoms with Crippen molar-refractivity contribution in [2.24, 2.45) is 0 Å². The summed E-state index contributed by atoms with van der Waals surface area (Å²) in [4.78, 5) is 36.6. The van der Waals surface area contributed by atoms with Gasteiger partial charge in [0.2, 0.25) is 0 Å². The Morgan fingerprint density at radius 3 is 1.73 bits per heavy atom. The van der Waals surface area contributed by atoms with Crippen molar-refractivity contribution in [2.45, 2.75) is 0 Å². The number of carbonyl (C=O) groups excluding carboxylic acids is 3. The van der Waals surface area contributed by atoms with Gasteiger partial charge < -0.3 is 0 Å². The Hall–Kier alpha value is -2.53. The molecule has 5 heteroatoms. The van der Waals surface area contributed by atoms with Crippen molar-refractivity contribution in [3.8, 4) is 0 Å². The zero-order valence-electron chi connectivity index (χ0n) is 11.3. The van der Waals surface area contributed by atoms with E-state index >= 15 is 0 Å². The summed E-state index contributed by atoms with van der Waals surface area (Å²) in [6.07, 6.45) is 2.45. The highest BCUT2D eigenvalue weighted by atomic mass is 79.9. The molecule has 0 spiro atoms. The van der Waals surface area contributed by atoms with Gasteiger partial charge in [0.15, 0.2) is 5.78 Å². The van der Waals surface area contributed by atoms with E-state index in [1.165, 1.54) is 12.2 Å². The first kappa shape index (κ1) is 14.4. The van der Waals surface area contributed by atoms with Crippen LogP contribution in [0.3, 0.4) is 0 Å². The van der Waals surface area contributed by atoms with Gasteiger partial charge in [0, 0.05) is 27.8 Å². The van der Waals surface area contributed by atoms with E-state index in [1.807, 2.05) is 0 Å². The molecular weight excluding hydrogens is 346 g/mol. The van der Waals surface area contributed by atoms with Gasteiger partial charge in [-0.05, 0) is 48.5 Å². The Morgan fingerprint density at radius 2 is 1.23 bits per heavy atom. The maximum Gasteiger partial charge on any atom is 0.258 e. The molecule has 108 valence electrons. The molecule has 2 aromatic carbocycles. The van der Waals surface area contributed by atoms with Crippen LogP contribution < -0.4 is 4.90 Å². The van der Waals surface area contributed by atoms with E-state index in [9.17, 15) is 14.4 Å². The molecule has 0 unspecified atom stereocenters. The quantitative estimate of drug-likeness (QED) is 0.627. The van der Waals surface area contributed by atoms with E-state index in [-0.39, 0.29) is 17.6 Å². The van der Waals surface area contributed by atoms with Gasteiger partial charge in [-0.3, -0.25) is 14.4 Å².